The first kappa shape index (κ1) is 26.7. The van der Waals surface area contributed by atoms with E-state index in [2.05, 4.69) is 84.2 Å². The monoisotopic (exact) mass is 618 g/mol. The van der Waals surface area contributed by atoms with Gasteiger partial charge in [-0.2, -0.15) is 0 Å². The zero-order valence-corrected chi connectivity index (χ0v) is 25.6. The zero-order chi connectivity index (χ0) is 31.6. The Kier molecular flexibility index (Phi) is 5.84. The molecule has 0 radical (unpaired) electrons. The number of fused-ring (bicyclic) bond motifs is 7. The maximum Gasteiger partial charge on any atom is 0.202 e. The van der Waals surface area contributed by atoms with Crippen LogP contribution in [0.2, 0.25) is 0 Å². The largest absolute Gasteiger partial charge is 0.456 e. The van der Waals surface area contributed by atoms with Gasteiger partial charge in [0, 0.05) is 45.0 Å². The second-order valence-corrected chi connectivity index (χ2v) is 12.0. The van der Waals surface area contributed by atoms with Gasteiger partial charge in [-0.3, -0.25) is 0 Å². The molecule has 3 aromatic heterocycles. The van der Waals surface area contributed by atoms with E-state index in [1.807, 2.05) is 60.7 Å². The number of furan rings is 2. The standard InChI is InChI=1S/C42H26N4O2/c1-2-11-26(12-3-1)39-44-40(32-17-9-19-35-36(32)30-14-6-7-18-34(30)47-35)46-41(45-39)33-22-23-43-42-37(33)31-16-8-15-29(38(31)48-42)28-21-20-25-10-4-5-13-27(25)24-28/h1-22,24,43H,23H2. The number of nitrogens with one attached hydrogen (secondary N) is 1. The topological polar surface area (TPSA) is 77.0 Å². The third-order valence-corrected chi connectivity index (χ3v) is 9.17. The van der Waals surface area contributed by atoms with Crippen molar-refractivity contribution >= 4 is 55.1 Å². The lowest BCUT2D eigenvalue weighted by Crippen LogP contribution is -2.10. The fourth-order valence-electron chi connectivity index (χ4n) is 6.94. The van der Waals surface area contributed by atoms with Crippen LogP contribution in [0.15, 0.2) is 148 Å². The molecule has 1 aliphatic rings. The van der Waals surface area contributed by atoms with E-state index in [-0.39, 0.29) is 0 Å². The predicted octanol–water partition coefficient (Wildman–Crippen LogP) is 10.5. The number of anilines is 1. The van der Waals surface area contributed by atoms with E-state index < -0.39 is 0 Å². The van der Waals surface area contributed by atoms with Gasteiger partial charge in [0.25, 0.3) is 0 Å². The maximum absolute atomic E-state index is 6.63. The van der Waals surface area contributed by atoms with Crippen LogP contribution in [0.1, 0.15) is 11.4 Å². The lowest BCUT2D eigenvalue weighted by molar-refractivity contribution is 0.628. The Morgan fingerprint density at radius 3 is 2.19 bits per heavy atom. The van der Waals surface area contributed by atoms with Gasteiger partial charge in [-0.25, -0.2) is 15.0 Å². The summed E-state index contributed by atoms with van der Waals surface area (Å²) >= 11 is 0. The maximum atomic E-state index is 6.63. The van der Waals surface area contributed by atoms with Gasteiger partial charge in [0.2, 0.25) is 5.88 Å². The molecule has 0 aliphatic carbocycles. The van der Waals surface area contributed by atoms with Gasteiger partial charge in [-0.15, -0.1) is 0 Å². The number of nitrogens with zero attached hydrogens (tertiary/aromatic N) is 3. The van der Waals surface area contributed by atoms with Crippen LogP contribution in [0.5, 0.6) is 0 Å². The van der Waals surface area contributed by atoms with Crippen molar-refractivity contribution in [3.05, 3.63) is 151 Å². The van der Waals surface area contributed by atoms with Crippen molar-refractivity contribution in [3.63, 3.8) is 0 Å². The molecule has 6 heteroatoms. The van der Waals surface area contributed by atoms with E-state index >= 15 is 0 Å². The summed E-state index contributed by atoms with van der Waals surface area (Å²) in [4.78, 5) is 15.3. The van der Waals surface area contributed by atoms with E-state index in [1.54, 1.807) is 0 Å². The molecule has 226 valence electrons. The molecule has 0 bridgehead atoms. The van der Waals surface area contributed by atoms with Gasteiger partial charge >= 0.3 is 0 Å². The number of benzene rings is 6. The number of para-hydroxylation sites is 2. The summed E-state index contributed by atoms with van der Waals surface area (Å²) in [5, 5.41) is 8.87. The van der Waals surface area contributed by atoms with Gasteiger partial charge < -0.3 is 14.2 Å². The van der Waals surface area contributed by atoms with Crippen molar-refractivity contribution in [2.45, 2.75) is 0 Å². The first-order valence-electron chi connectivity index (χ1n) is 16.0. The summed E-state index contributed by atoms with van der Waals surface area (Å²) in [6.45, 7) is 0.580. The van der Waals surface area contributed by atoms with E-state index in [4.69, 9.17) is 23.8 Å². The summed E-state index contributed by atoms with van der Waals surface area (Å²) in [5.41, 5.74) is 8.24. The smallest absolute Gasteiger partial charge is 0.202 e. The average molecular weight is 619 g/mol. The number of rotatable bonds is 4. The van der Waals surface area contributed by atoms with E-state index in [0.717, 1.165) is 66.3 Å². The summed E-state index contributed by atoms with van der Waals surface area (Å²) < 4.78 is 12.9. The molecule has 10 rings (SSSR count). The lowest BCUT2D eigenvalue weighted by Gasteiger charge is -2.15. The van der Waals surface area contributed by atoms with Crippen LogP contribution >= 0.6 is 0 Å². The Morgan fingerprint density at radius 1 is 0.521 bits per heavy atom. The van der Waals surface area contributed by atoms with Crippen LogP contribution in [0.3, 0.4) is 0 Å². The second kappa shape index (κ2) is 10.5. The van der Waals surface area contributed by atoms with Crippen LogP contribution in [0.4, 0.5) is 5.88 Å². The Labute approximate surface area is 275 Å². The van der Waals surface area contributed by atoms with Gasteiger partial charge in [0.15, 0.2) is 17.5 Å². The third-order valence-electron chi connectivity index (χ3n) is 9.17. The summed E-state index contributed by atoms with van der Waals surface area (Å²) in [5.74, 6) is 2.49. The minimum absolute atomic E-state index is 0.580. The molecule has 0 saturated carbocycles. The van der Waals surface area contributed by atoms with Crippen molar-refractivity contribution in [2.24, 2.45) is 0 Å². The Morgan fingerprint density at radius 2 is 1.25 bits per heavy atom. The minimum atomic E-state index is 0.580. The highest BCUT2D eigenvalue weighted by molar-refractivity contribution is 6.12. The predicted molar refractivity (Wildman–Crippen MR) is 193 cm³/mol. The summed E-state index contributed by atoms with van der Waals surface area (Å²) in [6, 6.07) is 45.5. The molecule has 9 aromatic rings. The molecule has 0 atom stereocenters. The number of hydrogen-bond donors (Lipinski definition) is 1. The van der Waals surface area contributed by atoms with Crippen LogP contribution in [-0.2, 0) is 0 Å². The molecule has 0 saturated heterocycles. The Balaban J connectivity index is 1.18. The van der Waals surface area contributed by atoms with Crippen molar-refractivity contribution in [1.82, 2.24) is 15.0 Å². The molecule has 0 spiro atoms. The molecule has 0 unspecified atom stereocenters. The molecule has 0 amide bonds. The van der Waals surface area contributed by atoms with Crippen LogP contribution in [-0.4, -0.2) is 21.5 Å². The van der Waals surface area contributed by atoms with E-state index in [0.29, 0.717) is 29.9 Å². The van der Waals surface area contributed by atoms with Crippen LogP contribution < -0.4 is 5.32 Å². The van der Waals surface area contributed by atoms with Gasteiger partial charge in [0.1, 0.15) is 16.7 Å². The molecular formula is C42H26N4O2. The summed E-state index contributed by atoms with van der Waals surface area (Å²) in [6.07, 6.45) is 2.14. The van der Waals surface area contributed by atoms with E-state index in [1.165, 1.54) is 10.8 Å². The zero-order valence-electron chi connectivity index (χ0n) is 25.6. The normalized spacial score (nSPS) is 12.8. The minimum Gasteiger partial charge on any atom is -0.456 e. The Bertz CT molecular complexity index is 2740. The van der Waals surface area contributed by atoms with Gasteiger partial charge in [-0.1, -0.05) is 121 Å². The van der Waals surface area contributed by atoms with Crippen molar-refractivity contribution in [2.75, 3.05) is 11.9 Å². The molecule has 6 nitrogen and oxygen atoms in total. The highest BCUT2D eigenvalue weighted by Gasteiger charge is 2.27. The average Bonchev–Trinajstić information content (AvgIpc) is 3.73. The molecule has 6 aromatic carbocycles. The highest BCUT2D eigenvalue weighted by atomic mass is 16.4. The quantitative estimate of drug-likeness (QED) is 0.211. The fourth-order valence-corrected chi connectivity index (χ4v) is 6.94. The molecule has 1 N–H and O–H groups in total. The Hall–Kier alpha value is -6.53. The third kappa shape index (κ3) is 4.16. The van der Waals surface area contributed by atoms with Gasteiger partial charge in [0.05, 0.1) is 5.56 Å². The number of aromatic nitrogens is 3. The van der Waals surface area contributed by atoms with Crippen molar-refractivity contribution < 1.29 is 8.83 Å². The van der Waals surface area contributed by atoms with Crippen LogP contribution in [0, 0.1) is 0 Å². The second-order valence-electron chi connectivity index (χ2n) is 12.0. The first-order chi connectivity index (χ1) is 23.8. The first-order valence-corrected chi connectivity index (χ1v) is 16.0. The fraction of sp³-hybridized carbons (Fsp3) is 0.0238. The SMILES string of the molecule is C1=C(c2nc(-c3ccccc3)nc(-c3cccc4oc5ccccc5c34)n2)c2c(oc3c(-c4ccc5ccccc5c4)cccc23)NC1. The van der Waals surface area contributed by atoms with Crippen molar-refractivity contribution in [3.8, 4) is 33.9 Å². The van der Waals surface area contributed by atoms with Crippen molar-refractivity contribution in [1.29, 1.82) is 0 Å². The summed E-state index contributed by atoms with van der Waals surface area (Å²) in [7, 11) is 0. The highest BCUT2D eigenvalue weighted by Crippen LogP contribution is 2.44. The molecule has 48 heavy (non-hydrogen) atoms. The van der Waals surface area contributed by atoms with Gasteiger partial charge in [-0.05, 0) is 34.5 Å². The van der Waals surface area contributed by atoms with Crippen LogP contribution in [0.25, 0.3) is 83.2 Å². The number of hydrogen-bond acceptors (Lipinski definition) is 6. The molecule has 1 aliphatic heterocycles. The lowest BCUT2D eigenvalue weighted by atomic mass is 9.96. The molecule has 0 fully saturated rings. The molecule has 4 heterocycles. The van der Waals surface area contributed by atoms with E-state index in [9.17, 15) is 0 Å². The molecular weight excluding hydrogens is 592 g/mol.